The molecule has 0 aliphatic carbocycles. The monoisotopic (exact) mass is 472 g/mol. The molecule has 8 nitrogen and oxygen atoms in total. The first-order valence-electron chi connectivity index (χ1n) is 10.6. The van der Waals surface area contributed by atoms with Crippen molar-refractivity contribution in [2.24, 2.45) is 0 Å². The number of nitrogens with one attached hydrogen (secondary N) is 2. The van der Waals surface area contributed by atoms with E-state index in [9.17, 15) is 4.79 Å². The SMILES string of the molecule is COc1ccccc1NC(=O)C1=C(C)Nc2nc(-c3ccc(Cl)cc3)nn2[C@H]1c1ccncc1. The highest BCUT2D eigenvalue weighted by atomic mass is 35.5. The lowest BCUT2D eigenvalue weighted by Crippen LogP contribution is -2.31. The number of anilines is 2. The van der Waals surface area contributed by atoms with Gasteiger partial charge in [0.05, 0.1) is 18.4 Å². The number of hydrogen-bond acceptors (Lipinski definition) is 6. The number of amides is 1. The minimum absolute atomic E-state index is 0.273. The number of carbonyl (C=O) groups excluding carboxylic acids is 1. The maximum Gasteiger partial charge on any atom is 0.255 e. The van der Waals surface area contributed by atoms with Crippen LogP contribution in [0.4, 0.5) is 11.6 Å². The lowest BCUT2D eigenvalue weighted by Gasteiger charge is -2.28. The summed E-state index contributed by atoms with van der Waals surface area (Å²) in [6.07, 6.45) is 3.39. The maximum atomic E-state index is 13.6. The Labute approximate surface area is 201 Å². The molecule has 9 heteroatoms. The van der Waals surface area contributed by atoms with Crippen LogP contribution in [0.25, 0.3) is 11.4 Å². The van der Waals surface area contributed by atoms with Gasteiger partial charge in [0.1, 0.15) is 11.8 Å². The zero-order valence-electron chi connectivity index (χ0n) is 18.5. The average Bonchev–Trinajstić information content (AvgIpc) is 3.28. The molecule has 0 fully saturated rings. The van der Waals surface area contributed by atoms with Crippen molar-refractivity contribution in [3.63, 3.8) is 0 Å². The fourth-order valence-electron chi connectivity index (χ4n) is 3.96. The summed E-state index contributed by atoms with van der Waals surface area (Å²) in [6, 6.07) is 17.8. The lowest BCUT2D eigenvalue weighted by molar-refractivity contribution is -0.113. The number of hydrogen-bond donors (Lipinski definition) is 2. The molecule has 0 saturated carbocycles. The van der Waals surface area contributed by atoms with Crippen LogP contribution in [-0.4, -0.2) is 32.8 Å². The molecule has 0 spiro atoms. The largest absolute Gasteiger partial charge is 0.495 e. The molecule has 170 valence electrons. The van der Waals surface area contributed by atoms with E-state index in [1.807, 2.05) is 43.3 Å². The second-order valence-corrected chi connectivity index (χ2v) is 8.15. The first-order chi connectivity index (χ1) is 16.5. The number of carbonyl (C=O) groups is 1. The Kier molecular flexibility index (Phi) is 5.73. The van der Waals surface area contributed by atoms with Crippen LogP contribution >= 0.6 is 11.6 Å². The number of ether oxygens (including phenoxy) is 1. The van der Waals surface area contributed by atoms with E-state index in [0.717, 1.165) is 11.1 Å². The van der Waals surface area contributed by atoms with Gasteiger partial charge in [-0.15, -0.1) is 5.10 Å². The second-order valence-electron chi connectivity index (χ2n) is 7.71. The molecule has 0 bridgehead atoms. The fraction of sp³-hybridized carbons (Fsp3) is 0.120. The van der Waals surface area contributed by atoms with E-state index in [1.54, 1.807) is 48.5 Å². The van der Waals surface area contributed by atoms with E-state index in [-0.39, 0.29) is 5.91 Å². The third-order valence-corrected chi connectivity index (χ3v) is 5.83. The predicted molar refractivity (Wildman–Crippen MR) is 131 cm³/mol. The minimum Gasteiger partial charge on any atom is -0.495 e. The number of aromatic nitrogens is 4. The number of rotatable bonds is 5. The standard InChI is InChI=1S/C25H21ClN6O2/c1-15-21(24(33)29-19-5-3-4-6-20(19)34-2)22(16-11-13-27-14-12-16)32-25(28-15)30-23(31-32)17-7-9-18(26)10-8-17/h3-14,22H,1-2H3,(H,29,33)(H,28,30,31)/t22-/m0/s1. The highest BCUT2D eigenvalue weighted by molar-refractivity contribution is 6.30. The quantitative estimate of drug-likeness (QED) is 0.427. The van der Waals surface area contributed by atoms with E-state index in [2.05, 4.69) is 20.6 Å². The molecule has 3 heterocycles. The number of fused-ring (bicyclic) bond motifs is 1. The molecule has 1 atom stereocenters. The summed E-state index contributed by atoms with van der Waals surface area (Å²) in [4.78, 5) is 22.4. The number of allylic oxidation sites excluding steroid dienone is 1. The Morgan fingerprint density at radius 2 is 1.82 bits per heavy atom. The van der Waals surface area contributed by atoms with Gasteiger partial charge in [-0.2, -0.15) is 4.98 Å². The van der Waals surface area contributed by atoms with Gasteiger partial charge in [-0.1, -0.05) is 23.7 Å². The van der Waals surface area contributed by atoms with Gasteiger partial charge in [0, 0.05) is 28.7 Å². The second kappa shape index (κ2) is 8.99. The summed E-state index contributed by atoms with van der Waals surface area (Å²) in [5.41, 5.74) is 3.44. The van der Waals surface area contributed by atoms with Crippen LogP contribution in [0, 0.1) is 0 Å². The van der Waals surface area contributed by atoms with Gasteiger partial charge in [-0.3, -0.25) is 9.78 Å². The van der Waals surface area contributed by atoms with Crippen molar-refractivity contribution in [3.05, 3.63) is 94.9 Å². The topological polar surface area (TPSA) is 94.0 Å². The molecule has 0 radical (unpaired) electrons. The van der Waals surface area contributed by atoms with Crippen molar-refractivity contribution in [3.8, 4) is 17.1 Å². The van der Waals surface area contributed by atoms with Crippen LogP contribution in [0.5, 0.6) is 5.75 Å². The summed E-state index contributed by atoms with van der Waals surface area (Å²) in [5.74, 6) is 1.37. The van der Waals surface area contributed by atoms with Gasteiger partial charge in [0.15, 0.2) is 5.82 Å². The molecule has 0 saturated heterocycles. The lowest BCUT2D eigenvalue weighted by atomic mass is 9.96. The van der Waals surface area contributed by atoms with Gasteiger partial charge in [0.25, 0.3) is 5.91 Å². The molecular formula is C25H21ClN6O2. The van der Waals surface area contributed by atoms with Gasteiger partial charge in [-0.25, -0.2) is 4.68 Å². The number of halogens is 1. The van der Waals surface area contributed by atoms with Gasteiger partial charge in [-0.05, 0) is 61.0 Å². The fourth-order valence-corrected chi connectivity index (χ4v) is 4.08. The number of nitrogens with zero attached hydrogens (tertiary/aromatic N) is 4. The van der Waals surface area contributed by atoms with Gasteiger partial charge >= 0.3 is 0 Å². The van der Waals surface area contributed by atoms with Crippen LogP contribution in [0.3, 0.4) is 0 Å². The number of methoxy groups -OCH3 is 1. The number of para-hydroxylation sites is 2. The Balaban J connectivity index is 1.58. The predicted octanol–water partition coefficient (Wildman–Crippen LogP) is 4.93. The van der Waals surface area contributed by atoms with E-state index >= 15 is 0 Å². The molecule has 4 aromatic rings. The molecule has 34 heavy (non-hydrogen) atoms. The van der Waals surface area contributed by atoms with E-state index in [1.165, 1.54) is 0 Å². The van der Waals surface area contributed by atoms with E-state index < -0.39 is 6.04 Å². The molecule has 1 aliphatic heterocycles. The minimum atomic E-state index is -0.512. The van der Waals surface area contributed by atoms with E-state index in [4.69, 9.17) is 21.4 Å². The van der Waals surface area contributed by atoms with Crippen LogP contribution in [0.15, 0.2) is 84.3 Å². The molecule has 1 amide bonds. The van der Waals surface area contributed by atoms with Crippen molar-refractivity contribution in [2.45, 2.75) is 13.0 Å². The molecule has 2 aromatic carbocycles. The molecular weight excluding hydrogens is 452 g/mol. The Morgan fingerprint density at radius 3 is 2.56 bits per heavy atom. The highest BCUT2D eigenvalue weighted by Gasteiger charge is 2.34. The molecule has 2 aromatic heterocycles. The summed E-state index contributed by atoms with van der Waals surface area (Å²) >= 11 is 6.04. The van der Waals surface area contributed by atoms with Crippen molar-refractivity contribution < 1.29 is 9.53 Å². The number of pyridine rings is 1. The summed E-state index contributed by atoms with van der Waals surface area (Å²) in [5, 5.41) is 11.6. The third kappa shape index (κ3) is 3.99. The van der Waals surface area contributed by atoms with Crippen LogP contribution in [0.2, 0.25) is 5.02 Å². The summed E-state index contributed by atoms with van der Waals surface area (Å²) in [6.45, 7) is 1.85. The number of benzene rings is 2. The Morgan fingerprint density at radius 1 is 1.09 bits per heavy atom. The molecule has 0 unspecified atom stereocenters. The maximum absolute atomic E-state index is 13.6. The average molecular weight is 473 g/mol. The first kappa shape index (κ1) is 21.7. The zero-order chi connectivity index (χ0) is 23.7. The summed E-state index contributed by atoms with van der Waals surface area (Å²) in [7, 11) is 1.57. The first-order valence-corrected chi connectivity index (χ1v) is 11.0. The van der Waals surface area contributed by atoms with Crippen molar-refractivity contribution in [1.82, 2.24) is 19.7 Å². The van der Waals surface area contributed by atoms with Crippen LogP contribution in [0.1, 0.15) is 18.5 Å². The van der Waals surface area contributed by atoms with Gasteiger partial charge in [0.2, 0.25) is 5.95 Å². The third-order valence-electron chi connectivity index (χ3n) is 5.58. The summed E-state index contributed by atoms with van der Waals surface area (Å²) < 4.78 is 7.12. The van der Waals surface area contributed by atoms with Gasteiger partial charge < -0.3 is 15.4 Å². The molecule has 1 aliphatic rings. The van der Waals surface area contributed by atoms with Crippen LogP contribution < -0.4 is 15.4 Å². The van der Waals surface area contributed by atoms with Crippen molar-refractivity contribution in [1.29, 1.82) is 0 Å². The highest BCUT2D eigenvalue weighted by Crippen LogP contribution is 2.37. The Bertz CT molecular complexity index is 1380. The Hall–Kier alpha value is -4.17. The zero-order valence-corrected chi connectivity index (χ0v) is 19.2. The molecule has 2 N–H and O–H groups in total. The van der Waals surface area contributed by atoms with Crippen molar-refractivity contribution >= 4 is 29.1 Å². The van der Waals surface area contributed by atoms with E-state index in [0.29, 0.717) is 39.5 Å². The molecule has 5 rings (SSSR count). The normalized spacial score (nSPS) is 14.9. The smallest absolute Gasteiger partial charge is 0.255 e. The van der Waals surface area contributed by atoms with Crippen molar-refractivity contribution in [2.75, 3.05) is 17.7 Å². The van der Waals surface area contributed by atoms with Crippen LogP contribution in [-0.2, 0) is 4.79 Å².